The van der Waals surface area contributed by atoms with E-state index in [9.17, 15) is 48.7 Å². The number of ether oxygens (including phenoxy) is 3. The number of fused-ring (bicyclic) bond motifs is 1. The number of nitro benzene ring substituents is 1. The fourth-order valence-electron chi connectivity index (χ4n) is 4.26. The van der Waals surface area contributed by atoms with Crippen LogP contribution in [0.2, 0.25) is 0 Å². The van der Waals surface area contributed by atoms with Gasteiger partial charge in [0.2, 0.25) is 0 Å². The molecular weight excluding hydrogens is 717 g/mol. The summed E-state index contributed by atoms with van der Waals surface area (Å²) in [4.78, 5) is 52.4. The molecule has 0 saturated carbocycles. The molecule has 1 aliphatic rings. The molecule has 0 amide bonds. The van der Waals surface area contributed by atoms with Crippen LogP contribution >= 0.6 is 23.5 Å². The number of nitro groups is 1. The molecule has 270 valence electrons. The molecule has 28 heteroatoms. The molecule has 25 nitrogen and oxygen atoms in total. The van der Waals surface area contributed by atoms with E-state index in [0.29, 0.717) is 0 Å². The van der Waals surface area contributed by atoms with Crippen molar-refractivity contribution >= 4 is 46.1 Å². The van der Waals surface area contributed by atoms with Gasteiger partial charge in [-0.1, -0.05) is 0 Å². The van der Waals surface area contributed by atoms with Crippen molar-refractivity contribution in [3.05, 3.63) is 40.5 Å². The zero-order chi connectivity index (χ0) is 34.2. The van der Waals surface area contributed by atoms with Gasteiger partial charge in [-0.05, 0) is 13.0 Å². The van der Waals surface area contributed by atoms with Crippen LogP contribution in [0.3, 0.4) is 0 Å². The number of nitrogens with zero attached hydrogens (tertiary/aromatic N) is 5. The van der Waals surface area contributed by atoms with Crippen LogP contribution in [0.4, 0.5) is 11.5 Å². The average Bonchev–Trinajstić information content (AvgIpc) is 3.50. The zero-order valence-corrected chi connectivity index (χ0v) is 27.8. The van der Waals surface area contributed by atoms with Crippen LogP contribution in [-0.2, 0) is 36.1 Å². The van der Waals surface area contributed by atoms with Gasteiger partial charge >= 0.3 is 23.5 Å². The molecular formula is C20H33N8O17P3. The van der Waals surface area contributed by atoms with E-state index in [-0.39, 0.29) is 46.3 Å². The Bertz CT molecular complexity index is 1760. The highest BCUT2D eigenvalue weighted by Crippen LogP contribution is 2.68. The van der Waals surface area contributed by atoms with Crippen LogP contribution in [0.25, 0.3) is 11.2 Å². The Labute approximate surface area is 269 Å². The highest BCUT2D eigenvalue weighted by molar-refractivity contribution is 7.66. The van der Waals surface area contributed by atoms with Gasteiger partial charge in [0.05, 0.1) is 49.8 Å². The van der Waals surface area contributed by atoms with Crippen molar-refractivity contribution in [3.63, 3.8) is 0 Å². The normalized spacial score (nSPS) is 23.5. The fraction of sp³-hybridized carbons (Fsp3) is 0.450. The second kappa shape index (κ2) is 15.6. The summed E-state index contributed by atoms with van der Waals surface area (Å²) < 4.78 is 71.5. The first-order valence-corrected chi connectivity index (χ1v) is 17.0. The predicted octanol–water partition coefficient (Wildman–Crippen LogP) is 1.41. The first-order valence-electron chi connectivity index (χ1n) is 12.5. The number of hydrogen-bond donors (Lipinski definition) is 8. The van der Waals surface area contributed by atoms with Gasteiger partial charge in [-0.15, -0.1) is 0 Å². The van der Waals surface area contributed by atoms with E-state index in [2.05, 4.69) is 28.1 Å². The second-order valence-corrected chi connectivity index (χ2v) is 13.9. The number of imidazole rings is 1. The monoisotopic (exact) mass is 750 g/mol. The molecule has 0 radical (unpaired) electrons. The first-order chi connectivity index (χ1) is 21.4. The SMILES string of the molecule is COc1cc(C(C)OP(=O)(O)OP(=O)(O)OP(=O)(O)OC[C@@H]2O[C@H](n3cnc4c(N)ncnc43)[C@@H](O)[C@H]2O)c([N+](=O)[O-])cc1OC.N.N. The van der Waals surface area contributed by atoms with E-state index in [1.54, 1.807) is 0 Å². The molecule has 48 heavy (non-hydrogen) atoms. The number of anilines is 1. The Kier molecular flexibility index (Phi) is 13.3. The number of aliphatic hydroxyl groups is 2. The molecule has 0 aliphatic carbocycles. The standard InChI is InChI=1S/C20H27N6O17P3.2H3N/c1-9(10-4-12(37-2)13(38-3)5-11(10)26(29)30)41-45(33,34)43-46(35,36)42-44(31,32)39-6-14-16(27)17(28)20(40-14)25-8-24-15-18(21)22-7-23-19(15)25;;/h4-5,7-9,14,16-17,20,27-28H,6H2,1-3H3,(H,31,32)(H,33,34)(H,35,36)(H2,21,22,23);2*1H3/t9?,14-,16-,17-,20-;;/m0../s1. The van der Waals surface area contributed by atoms with Crippen molar-refractivity contribution in [1.29, 1.82) is 0 Å². The topological polar surface area (TPSA) is 400 Å². The van der Waals surface area contributed by atoms with E-state index in [4.69, 9.17) is 24.5 Å². The number of phosphoric ester groups is 2. The largest absolute Gasteiger partial charge is 0.493 e. The summed E-state index contributed by atoms with van der Waals surface area (Å²) in [6, 6.07) is 1.98. The maximum atomic E-state index is 12.5. The van der Waals surface area contributed by atoms with Gasteiger partial charge in [-0.25, -0.2) is 28.6 Å². The van der Waals surface area contributed by atoms with Crippen LogP contribution in [0.15, 0.2) is 24.8 Å². The van der Waals surface area contributed by atoms with E-state index in [1.807, 2.05) is 0 Å². The lowest BCUT2D eigenvalue weighted by Crippen LogP contribution is -2.33. The fourth-order valence-corrected chi connectivity index (χ4v) is 7.93. The quantitative estimate of drug-likeness (QED) is 0.0655. The lowest BCUT2D eigenvalue weighted by molar-refractivity contribution is -0.386. The highest BCUT2D eigenvalue weighted by atomic mass is 31.3. The zero-order valence-electron chi connectivity index (χ0n) is 25.1. The van der Waals surface area contributed by atoms with Crippen molar-refractivity contribution in [2.75, 3.05) is 26.6 Å². The van der Waals surface area contributed by atoms with Crippen molar-refractivity contribution in [1.82, 2.24) is 31.8 Å². The lowest BCUT2D eigenvalue weighted by Gasteiger charge is -2.22. The molecule has 3 heterocycles. The van der Waals surface area contributed by atoms with Gasteiger partial charge in [0.25, 0.3) is 5.69 Å². The Morgan fingerprint density at radius 1 is 1.00 bits per heavy atom. The molecule has 1 aromatic carbocycles. The van der Waals surface area contributed by atoms with E-state index in [0.717, 1.165) is 25.4 Å². The average molecular weight is 750 g/mol. The molecule has 1 saturated heterocycles. The number of aliphatic hydroxyl groups excluding tert-OH is 2. The van der Waals surface area contributed by atoms with Gasteiger partial charge in [-0.2, -0.15) is 8.62 Å². The first kappa shape index (κ1) is 41.0. The smallest absolute Gasteiger partial charge is 0.490 e. The summed E-state index contributed by atoms with van der Waals surface area (Å²) in [5, 5.41) is 32.4. The molecule has 0 bridgehead atoms. The number of phosphoric acid groups is 3. The molecule has 8 atom stereocenters. The third-order valence-electron chi connectivity index (χ3n) is 6.27. The number of nitrogen functional groups attached to an aromatic ring is 1. The van der Waals surface area contributed by atoms with Crippen LogP contribution in [-0.4, -0.2) is 88.5 Å². The Morgan fingerprint density at radius 3 is 2.21 bits per heavy atom. The Hall–Kier alpha value is -3.22. The van der Waals surface area contributed by atoms with Gasteiger partial charge in [0.15, 0.2) is 29.2 Å². The van der Waals surface area contributed by atoms with E-state index < -0.39 is 71.3 Å². The number of benzene rings is 1. The van der Waals surface area contributed by atoms with Gasteiger partial charge < -0.3 is 57.1 Å². The minimum Gasteiger partial charge on any atom is -0.493 e. The van der Waals surface area contributed by atoms with E-state index in [1.165, 1.54) is 25.1 Å². The third kappa shape index (κ3) is 9.06. The van der Waals surface area contributed by atoms with Gasteiger partial charge in [0, 0.05) is 0 Å². The molecule has 1 aliphatic heterocycles. The summed E-state index contributed by atoms with van der Waals surface area (Å²) in [5.41, 5.74) is 5.00. The second-order valence-electron chi connectivity index (χ2n) is 9.26. The third-order valence-corrected chi connectivity index (χ3v) is 10.6. The summed E-state index contributed by atoms with van der Waals surface area (Å²) in [5.74, 6) is -0.0784. The summed E-state index contributed by atoms with van der Waals surface area (Å²) in [6.45, 7) is 0.0202. The molecule has 1 fully saturated rings. The minimum absolute atomic E-state index is 0. The van der Waals surface area contributed by atoms with Crippen LogP contribution in [0.1, 0.15) is 24.8 Å². The minimum atomic E-state index is -5.96. The summed E-state index contributed by atoms with van der Waals surface area (Å²) in [6.07, 6.45) is -5.68. The van der Waals surface area contributed by atoms with Crippen LogP contribution in [0, 0.1) is 10.1 Å². The maximum absolute atomic E-state index is 12.5. The molecule has 4 unspecified atom stereocenters. The molecule has 3 aromatic rings. The molecule has 13 N–H and O–H groups in total. The van der Waals surface area contributed by atoms with Crippen molar-refractivity contribution in [3.8, 4) is 11.5 Å². The number of aromatic nitrogens is 4. The van der Waals surface area contributed by atoms with Gasteiger partial charge in [0.1, 0.15) is 30.2 Å². The van der Waals surface area contributed by atoms with Gasteiger partial charge in [-0.3, -0.25) is 23.7 Å². The highest BCUT2D eigenvalue weighted by Gasteiger charge is 2.47. The summed E-state index contributed by atoms with van der Waals surface area (Å²) >= 11 is 0. The molecule has 2 aromatic heterocycles. The van der Waals surface area contributed by atoms with Crippen molar-refractivity contribution in [2.45, 2.75) is 37.6 Å². The molecule has 0 spiro atoms. The predicted molar refractivity (Wildman–Crippen MR) is 159 cm³/mol. The Balaban J connectivity index is 0.00000400. The summed E-state index contributed by atoms with van der Waals surface area (Å²) in [7, 11) is -14.9. The number of rotatable bonds is 14. The Morgan fingerprint density at radius 2 is 1.60 bits per heavy atom. The number of hydrogen-bond acceptors (Lipinski definition) is 20. The van der Waals surface area contributed by atoms with E-state index >= 15 is 0 Å². The lowest BCUT2D eigenvalue weighted by atomic mass is 10.1. The van der Waals surface area contributed by atoms with Crippen LogP contribution in [0.5, 0.6) is 11.5 Å². The number of nitrogens with two attached hydrogens (primary N) is 1. The van der Waals surface area contributed by atoms with Crippen molar-refractivity contribution in [2.24, 2.45) is 0 Å². The maximum Gasteiger partial charge on any atom is 0.490 e. The number of methoxy groups -OCH3 is 2. The van der Waals surface area contributed by atoms with Crippen molar-refractivity contribution < 1.29 is 75.4 Å². The molecule has 4 rings (SSSR count). The van der Waals surface area contributed by atoms with Crippen LogP contribution < -0.4 is 27.5 Å².